The normalized spacial score (nSPS) is 23.2. The molecule has 0 aromatic heterocycles. The molecule has 2 amide bonds. The van der Waals surface area contributed by atoms with Gasteiger partial charge in [0.15, 0.2) is 0 Å². The molecular formula is C20H27N3O3. The van der Waals surface area contributed by atoms with Crippen molar-refractivity contribution in [2.75, 3.05) is 46.4 Å². The maximum Gasteiger partial charge on any atom is 0.254 e. The summed E-state index contributed by atoms with van der Waals surface area (Å²) in [7, 11) is 2.09. The number of hydrogen-bond donors (Lipinski definition) is 0. The van der Waals surface area contributed by atoms with E-state index >= 15 is 0 Å². The number of amides is 2. The number of nitrogens with zero attached hydrogens (tertiary/aromatic N) is 3. The van der Waals surface area contributed by atoms with Crippen molar-refractivity contribution >= 4 is 11.8 Å². The van der Waals surface area contributed by atoms with Crippen molar-refractivity contribution in [1.29, 1.82) is 0 Å². The summed E-state index contributed by atoms with van der Waals surface area (Å²) in [5, 5.41) is 0. The molecule has 140 valence electrons. The molecule has 3 heterocycles. The first kappa shape index (κ1) is 17.5. The second-order valence-electron chi connectivity index (χ2n) is 7.75. The van der Waals surface area contributed by atoms with Crippen LogP contribution in [-0.2, 0) is 16.1 Å². The molecule has 0 aliphatic carbocycles. The number of hydrogen-bond acceptors (Lipinski definition) is 4. The van der Waals surface area contributed by atoms with Gasteiger partial charge in [-0.2, -0.15) is 0 Å². The largest absolute Gasteiger partial charge is 0.381 e. The van der Waals surface area contributed by atoms with Crippen LogP contribution in [0.15, 0.2) is 24.3 Å². The van der Waals surface area contributed by atoms with Crippen LogP contribution in [0.2, 0.25) is 0 Å². The monoisotopic (exact) mass is 357 g/mol. The van der Waals surface area contributed by atoms with Gasteiger partial charge in [-0.05, 0) is 31.5 Å². The van der Waals surface area contributed by atoms with E-state index in [1.807, 2.05) is 34.1 Å². The van der Waals surface area contributed by atoms with E-state index in [9.17, 15) is 9.59 Å². The summed E-state index contributed by atoms with van der Waals surface area (Å²) in [4.78, 5) is 32.3. The molecule has 6 nitrogen and oxygen atoms in total. The number of ether oxygens (including phenoxy) is 1. The summed E-state index contributed by atoms with van der Waals surface area (Å²) in [5.74, 6) is 0.234. The molecule has 2 saturated heterocycles. The van der Waals surface area contributed by atoms with E-state index in [2.05, 4.69) is 11.9 Å². The Balaban J connectivity index is 1.55. The number of likely N-dealkylation sites (N-methyl/N-ethyl adjacent to an activating group) is 1. The maximum atomic E-state index is 13.1. The molecular weight excluding hydrogens is 330 g/mol. The van der Waals surface area contributed by atoms with Gasteiger partial charge in [-0.15, -0.1) is 0 Å². The van der Waals surface area contributed by atoms with Crippen LogP contribution in [0.5, 0.6) is 0 Å². The Morgan fingerprint density at radius 1 is 1.12 bits per heavy atom. The molecule has 0 unspecified atom stereocenters. The molecule has 1 aromatic carbocycles. The highest BCUT2D eigenvalue weighted by Gasteiger charge is 2.46. The lowest BCUT2D eigenvalue weighted by Gasteiger charge is -2.45. The molecule has 0 N–H and O–H groups in total. The van der Waals surface area contributed by atoms with Crippen molar-refractivity contribution in [3.63, 3.8) is 0 Å². The average molecular weight is 357 g/mol. The number of benzene rings is 1. The lowest BCUT2D eigenvalue weighted by atomic mass is 9.84. The third kappa shape index (κ3) is 3.12. The third-order valence-corrected chi connectivity index (χ3v) is 6.15. The number of rotatable bonds is 3. The van der Waals surface area contributed by atoms with E-state index in [1.165, 1.54) is 0 Å². The van der Waals surface area contributed by atoms with Gasteiger partial charge in [-0.3, -0.25) is 9.59 Å². The van der Waals surface area contributed by atoms with Crippen molar-refractivity contribution in [1.82, 2.24) is 14.7 Å². The highest BCUT2D eigenvalue weighted by Crippen LogP contribution is 2.38. The van der Waals surface area contributed by atoms with E-state index in [0.717, 1.165) is 50.1 Å². The summed E-state index contributed by atoms with van der Waals surface area (Å²) in [5.41, 5.74) is 1.43. The Morgan fingerprint density at radius 3 is 2.50 bits per heavy atom. The Morgan fingerprint density at radius 2 is 1.81 bits per heavy atom. The molecule has 2 fully saturated rings. The van der Waals surface area contributed by atoms with Gasteiger partial charge < -0.3 is 19.4 Å². The minimum atomic E-state index is -0.422. The molecule has 26 heavy (non-hydrogen) atoms. The number of piperazine rings is 1. The van der Waals surface area contributed by atoms with Crippen LogP contribution in [0.25, 0.3) is 0 Å². The van der Waals surface area contributed by atoms with Crippen molar-refractivity contribution in [2.24, 2.45) is 0 Å². The summed E-state index contributed by atoms with van der Waals surface area (Å²) in [6.45, 7) is 5.19. The van der Waals surface area contributed by atoms with Crippen LogP contribution in [0.3, 0.4) is 0 Å². The number of carbonyl (C=O) groups excluding carboxylic acids is 2. The fourth-order valence-corrected chi connectivity index (χ4v) is 4.38. The molecule has 4 rings (SSSR count). The predicted molar refractivity (Wildman–Crippen MR) is 97.8 cm³/mol. The van der Waals surface area contributed by atoms with Gasteiger partial charge in [0.05, 0.1) is 12.0 Å². The van der Waals surface area contributed by atoms with Gasteiger partial charge in [0.25, 0.3) is 5.91 Å². The molecule has 3 aliphatic rings. The lowest BCUT2D eigenvalue weighted by molar-refractivity contribution is -0.137. The minimum absolute atomic E-state index is 0.0636. The molecule has 0 saturated carbocycles. The minimum Gasteiger partial charge on any atom is -0.381 e. The second kappa shape index (κ2) is 7.00. The molecule has 0 atom stereocenters. The zero-order chi connectivity index (χ0) is 18.1. The quantitative estimate of drug-likeness (QED) is 0.820. The van der Waals surface area contributed by atoms with Crippen molar-refractivity contribution in [3.8, 4) is 0 Å². The van der Waals surface area contributed by atoms with Crippen LogP contribution < -0.4 is 0 Å². The van der Waals surface area contributed by atoms with Crippen molar-refractivity contribution < 1.29 is 14.3 Å². The standard InChI is InChI=1S/C20H27N3O3/c1-21-8-10-22(11-9-21)18(24)14-20(6-12-26-13-7-20)23-15-16-4-2-3-5-17(16)19(23)25/h2-5H,6-15H2,1H3. The van der Waals surface area contributed by atoms with Crippen LogP contribution in [0.1, 0.15) is 35.2 Å². The first-order valence-electron chi connectivity index (χ1n) is 9.53. The van der Waals surface area contributed by atoms with Crippen LogP contribution in [-0.4, -0.2) is 78.5 Å². The maximum absolute atomic E-state index is 13.1. The van der Waals surface area contributed by atoms with Crippen LogP contribution in [0, 0.1) is 0 Å². The van der Waals surface area contributed by atoms with Gasteiger partial charge in [0, 0.05) is 51.5 Å². The summed E-state index contributed by atoms with van der Waals surface area (Å²) >= 11 is 0. The average Bonchev–Trinajstić information content (AvgIpc) is 3.01. The molecule has 0 bridgehead atoms. The zero-order valence-electron chi connectivity index (χ0n) is 15.4. The topological polar surface area (TPSA) is 53.1 Å². The van der Waals surface area contributed by atoms with Gasteiger partial charge in [0.1, 0.15) is 0 Å². The van der Waals surface area contributed by atoms with Crippen molar-refractivity contribution in [2.45, 2.75) is 31.3 Å². The summed E-state index contributed by atoms with van der Waals surface area (Å²) in [6.07, 6.45) is 1.86. The predicted octanol–water partition coefficient (Wildman–Crippen LogP) is 1.36. The highest BCUT2D eigenvalue weighted by atomic mass is 16.5. The van der Waals surface area contributed by atoms with E-state index in [4.69, 9.17) is 4.74 Å². The van der Waals surface area contributed by atoms with Crippen molar-refractivity contribution in [3.05, 3.63) is 35.4 Å². The zero-order valence-corrected chi connectivity index (χ0v) is 15.4. The first-order valence-corrected chi connectivity index (χ1v) is 9.53. The van der Waals surface area contributed by atoms with Crippen LogP contribution >= 0.6 is 0 Å². The van der Waals surface area contributed by atoms with E-state index in [-0.39, 0.29) is 11.8 Å². The highest BCUT2D eigenvalue weighted by molar-refractivity contribution is 5.99. The molecule has 1 aromatic rings. The fraction of sp³-hybridized carbons (Fsp3) is 0.600. The van der Waals surface area contributed by atoms with Gasteiger partial charge >= 0.3 is 0 Å². The number of carbonyl (C=O) groups is 2. The van der Waals surface area contributed by atoms with Gasteiger partial charge in [-0.1, -0.05) is 18.2 Å². The van der Waals surface area contributed by atoms with E-state index < -0.39 is 5.54 Å². The Labute approximate surface area is 154 Å². The first-order chi connectivity index (χ1) is 12.6. The Bertz CT molecular complexity index is 691. The molecule has 3 aliphatic heterocycles. The molecule has 6 heteroatoms. The summed E-state index contributed by atoms with van der Waals surface area (Å²) in [6, 6.07) is 7.80. The summed E-state index contributed by atoms with van der Waals surface area (Å²) < 4.78 is 5.57. The molecule has 0 spiro atoms. The Hall–Kier alpha value is -1.92. The SMILES string of the molecule is CN1CCN(C(=O)CC2(N3Cc4ccccc4C3=O)CCOCC2)CC1. The second-order valence-corrected chi connectivity index (χ2v) is 7.75. The van der Waals surface area contributed by atoms with Gasteiger partial charge in [0.2, 0.25) is 5.91 Å². The third-order valence-electron chi connectivity index (χ3n) is 6.15. The lowest BCUT2D eigenvalue weighted by Crippen LogP contribution is -2.56. The van der Waals surface area contributed by atoms with Crippen LogP contribution in [0.4, 0.5) is 0 Å². The molecule has 0 radical (unpaired) electrons. The number of fused-ring (bicyclic) bond motifs is 1. The smallest absolute Gasteiger partial charge is 0.254 e. The van der Waals surface area contributed by atoms with E-state index in [1.54, 1.807) is 0 Å². The van der Waals surface area contributed by atoms with E-state index in [0.29, 0.717) is 26.2 Å². The van der Waals surface area contributed by atoms with Gasteiger partial charge in [-0.25, -0.2) is 0 Å². The Kier molecular flexibility index (Phi) is 4.71. The fourth-order valence-electron chi connectivity index (χ4n) is 4.38.